The van der Waals surface area contributed by atoms with Gasteiger partial charge in [0.05, 0.1) is 0 Å². The molecule has 0 fully saturated rings. The molecule has 0 spiro atoms. The monoisotopic (exact) mass is 515 g/mol. The van der Waals surface area contributed by atoms with Gasteiger partial charge in [-0.2, -0.15) is 0 Å². The molecule has 0 amide bonds. The predicted octanol–water partition coefficient (Wildman–Crippen LogP) is 1.57. The van der Waals surface area contributed by atoms with Crippen LogP contribution in [0.1, 0.15) is 6.42 Å². The number of phenols is 1. The second kappa shape index (κ2) is 9.44. The molecule has 5 nitrogen and oxygen atoms in total. The summed E-state index contributed by atoms with van der Waals surface area (Å²) < 4.78 is 39.4. The first kappa shape index (κ1) is 20.7. The van der Waals surface area contributed by atoms with Crippen LogP contribution in [0.5, 0.6) is 11.5 Å². The zero-order valence-electron chi connectivity index (χ0n) is 15.1. The Morgan fingerprint density at radius 2 is 1.43 bits per heavy atom. The minimum absolute atomic E-state index is 0.163. The summed E-state index contributed by atoms with van der Waals surface area (Å²) in [7, 11) is -3.99. The van der Waals surface area contributed by atoms with Gasteiger partial charge in [-0.05, 0) is 0 Å². The van der Waals surface area contributed by atoms with E-state index in [9.17, 15) is 13.5 Å². The topological polar surface area (TPSA) is 83.8 Å². The van der Waals surface area contributed by atoms with Crippen LogP contribution in [0.25, 0.3) is 0 Å². The molecule has 0 saturated heterocycles. The van der Waals surface area contributed by atoms with Gasteiger partial charge in [0.25, 0.3) is 0 Å². The Morgan fingerprint density at radius 1 is 0.857 bits per heavy atom. The van der Waals surface area contributed by atoms with Crippen molar-refractivity contribution < 1.29 is 22.8 Å². The van der Waals surface area contributed by atoms with Crippen molar-refractivity contribution in [3.8, 4) is 11.5 Å². The third-order valence-electron chi connectivity index (χ3n) is 3.92. The Bertz CT molecular complexity index is 968. The van der Waals surface area contributed by atoms with E-state index in [4.69, 9.17) is 9.29 Å². The van der Waals surface area contributed by atoms with Gasteiger partial charge >= 0.3 is 172 Å². The normalized spacial score (nSPS) is 11.5. The molecule has 0 saturated carbocycles. The molecule has 0 bridgehead atoms. The van der Waals surface area contributed by atoms with E-state index >= 15 is 0 Å². The summed E-state index contributed by atoms with van der Waals surface area (Å²) in [5.41, 5.74) is 0. The maximum absolute atomic E-state index is 10.8. The van der Waals surface area contributed by atoms with E-state index in [1.54, 1.807) is 12.1 Å². The van der Waals surface area contributed by atoms with Gasteiger partial charge in [-0.3, -0.25) is 0 Å². The Balaban J connectivity index is 1.90. The van der Waals surface area contributed by atoms with Crippen LogP contribution in [-0.2, 0) is 10.1 Å². The fraction of sp³-hybridized carbons (Fsp3) is 0.143. The summed E-state index contributed by atoms with van der Waals surface area (Å²) in [4.78, 5) is 0. The fourth-order valence-corrected chi connectivity index (χ4v) is 9.30. The van der Waals surface area contributed by atoms with Gasteiger partial charge < -0.3 is 0 Å². The first-order valence-corrected chi connectivity index (χ1v) is 13.8. The summed E-state index contributed by atoms with van der Waals surface area (Å²) in [5, 5.41) is 10.6. The molecule has 0 heterocycles. The molecule has 0 aliphatic heterocycles. The second-order valence-corrected chi connectivity index (χ2v) is 13.3. The van der Waals surface area contributed by atoms with Crippen LogP contribution in [0.4, 0.5) is 0 Å². The van der Waals surface area contributed by atoms with E-state index in [-0.39, 0.29) is 24.5 Å². The number of aromatic hydroxyl groups is 1. The molecule has 0 aliphatic carbocycles. The minimum atomic E-state index is -3.99. The summed E-state index contributed by atoms with van der Waals surface area (Å²) in [5.74, 6) is 0.459. The molecule has 0 unspecified atom stereocenters. The van der Waals surface area contributed by atoms with Gasteiger partial charge in [0.2, 0.25) is 0 Å². The molecule has 2 N–H and O–H groups in total. The van der Waals surface area contributed by atoms with Gasteiger partial charge in [0, 0.05) is 0 Å². The maximum atomic E-state index is 10.8. The number of hydrogen-bond donors (Lipinski definition) is 2. The van der Waals surface area contributed by atoms with Crippen molar-refractivity contribution in [2.45, 2.75) is 6.42 Å². The van der Waals surface area contributed by atoms with Crippen molar-refractivity contribution in [3.63, 3.8) is 0 Å². The van der Waals surface area contributed by atoms with Crippen LogP contribution in [0, 0.1) is 0 Å². The third-order valence-corrected chi connectivity index (χ3v) is 11.2. The Labute approximate surface area is 172 Å². The molecule has 1 radical (unpaired) electrons. The van der Waals surface area contributed by atoms with E-state index in [2.05, 4.69) is 24.3 Å². The molecule has 0 aliphatic rings. The Kier molecular flexibility index (Phi) is 6.97. The number of benzene rings is 3. The van der Waals surface area contributed by atoms with E-state index in [1.165, 1.54) is 7.22 Å². The van der Waals surface area contributed by atoms with Crippen molar-refractivity contribution in [2.75, 3.05) is 12.4 Å². The predicted molar refractivity (Wildman–Crippen MR) is 112 cm³/mol. The fourth-order valence-electron chi connectivity index (χ4n) is 2.68. The van der Waals surface area contributed by atoms with Crippen molar-refractivity contribution in [2.24, 2.45) is 0 Å². The molecule has 147 valence electrons. The first-order chi connectivity index (χ1) is 13.4. The Hall–Kier alpha value is -2.04. The summed E-state index contributed by atoms with van der Waals surface area (Å²) in [6, 6.07) is 25.4. The van der Waals surface area contributed by atoms with Crippen molar-refractivity contribution >= 4 is 40.5 Å². The third kappa shape index (κ3) is 5.73. The van der Waals surface area contributed by atoms with E-state index in [1.807, 2.05) is 42.5 Å². The van der Waals surface area contributed by atoms with Crippen LogP contribution < -0.4 is 15.6 Å². The van der Waals surface area contributed by atoms with Crippen molar-refractivity contribution in [1.82, 2.24) is 0 Å². The van der Waals surface area contributed by atoms with E-state index in [0.717, 1.165) is 3.61 Å². The summed E-state index contributed by atoms with van der Waals surface area (Å²) in [6.07, 6.45) is 0.190. The number of phenolic OH excluding ortho intramolecular Hbond substituents is 1. The molecule has 3 rings (SSSR count). The summed E-state index contributed by atoms with van der Waals surface area (Å²) in [6.45, 7) is 0.163. The molecule has 3 aromatic carbocycles. The van der Waals surface area contributed by atoms with Crippen molar-refractivity contribution in [3.05, 3.63) is 78.9 Å². The van der Waals surface area contributed by atoms with Crippen molar-refractivity contribution in [1.29, 1.82) is 0 Å². The zero-order chi connectivity index (χ0) is 20.0. The quantitative estimate of drug-likeness (QED) is 0.272. The number of ether oxygens (including phenoxy) is 1. The van der Waals surface area contributed by atoms with Crippen LogP contribution in [-0.4, -0.2) is 50.0 Å². The van der Waals surface area contributed by atoms with E-state index < -0.39 is 29.7 Å². The molecule has 0 atom stereocenters. The average molecular weight is 513 g/mol. The van der Waals surface area contributed by atoms with Gasteiger partial charge in [-0.1, -0.05) is 0 Å². The molecular formula is C21H21O5STe. The molecular weight excluding hydrogens is 492 g/mol. The zero-order valence-corrected chi connectivity index (χ0v) is 18.2. The molecule has 3 aromatic rings. The van der Waals surface area contributed by atoms with Crippen LogP contribution in [0.15, 0.2) is 78.9 Å². The molecule has 28 heavy (non-hydrogen) atoms. The summed E-state index contributed by atoms with van der Waals surface area (Å²) >= 11 is -2.30. The van der Waals surface area contributed by atoms with Gasteiger partial charge in [0.1, 0.15) is 0 Å². The van der Waals surface area contributed by atoms with Gasteiger partial charge in [0.15, 0.2) is 0 Å². The molecule has 7 heteroatoms. The second-order valence-electron chi connectivity index (χ2n) is 6.05. The Morgan fingerprint density at radius 3 is 1.96 bits per heavy atom. The standard InChI is InChI=1S/C21H21O5STe/c22-20-13-12-17(26-14-7-15-27(23,24)25)16-21(20)28(18-8-3-1-4-9-18)19-10-5-2-6-11-19/h1-6,8-13,16,22H,7,14-15H2,(H,23,24,25). The van der Waals surface area contributed by atoms with Crippen LogP contribution in [0.3, 0.4) is 0 Å². The van der Waals surface area contributed by atoms with Gasteiger partial charge in [-0.25, -0.2) is 0 Å². The molecule has 0 aromatic heterocycles. The SMILES string of the molecule is O=S(=O)(O)CCCOc1ccc(O)c([Te](c2ccccc2)c2ccccc2)c1. The average Bonchev–Trinajstić information content (AvgIpc) is 2.68. The number of hydrogen-bond acceptors (Lipinski definition) is 4. The van der Waals surface area contributed by atoms with Crippen LogP contribution in [0.2, 0.25) is 0 Å². The van der Waals surface area contributed by atoms with E-state index in [0.29, 0.717) is 5.75 Å². The first-order valence-electron chi connectivity index (χ1n) is 8.69. The van der Waals surface area contributed by atoms with Crippen LogP contribution >= 0.6 is 0 Å². The number of rotatable bonds is 8. The van der Waals surface area contributed by atoms with Gasteiger partial charge in [-0.15, -0.1) is 0 Å².